The summed E-state index contributed by atoms with van der Waals surface area (Å²) in [5.41, 5.74) is 13.2. The van der Waals surface area contributed by atoms with Crippen LogP contribution in [0, 0.1) is 10.8 Å². The van der Waals surface area contributed by atoms with Gasteiger partial charge in [-0.25, -0.2) is 0 Å². The Morgan fingerprint density at radius 2 is 1.95 bits per heavy atom. The van der Waals surface area contributed by atoms with Crippen molar-refractivity contribution < 1.29 is 0 Å². The number of pyridine rings is 1. The number of aromatic amines is 2. The van der Waals surface area contributed by atoms with E-state index in [1.807, 2.05) is 6.20 Å². The zero-order valence-corrected chi connectivity index (χ0v) is 23.1. The van der Waals surface area contributed by atoms with Crippen molar-refractivity contribution in [3.8, 4) is 0 Å². The molecule has 2 aliphatic carbocycles. The largest absolute Gasteiger partial charge is 0.342 e. The molecule has 4 N–H and O–H groups in total. The zero-order valence-electron chi connectivity index (χ0n) is 21.5. The Hall–Kier alpha value is -3.30. The Labute approximate surface area is 228 Å². The van der Waals surface area contributed by atoms with Crippen LogP contribution in [-0.4, -0.2) is 38.2 Å². The normalized spacial score (nSPS) is 21.4. The summed E-state index contributed by atoms with van der Waals surface area (Å²) in [6.07, 6.45) is 7.77. The Balaban J connectivity index is 1.20. The molecule has 0 radical (unpaired) electrons. The van der Waals surface area contributed by atoms with Crippen LogP contribution in [0.5, 0.6) is 0 Å². The van der Waals surface area contributed by atoms with Gasteiger partial charge in [0.15, 0.2) is 5.65 Å². The van der Waals surface area contributed by atoms with E-state index in [9.17, 15) is 4.79 Å². The lowest BCUT2D eigenvalue weighted by molar-refractivity contribution is 0.187. The number of nitrogens with zero attached hydrogens (tertiary/aromatic N) is 4. The number of rotatable bonds is 2. The first kappa shape index (κ1) is 23.8. The summed E-state index contributed by atoms with van der Waals surface area (Å²) in [6, 6.07) is 10.6. The summed E-state index contributed by atoms with van der Waals surface area (Å²) in [7, 11) is 0. The topological polar surface area (TPSA) is 117 Å². The lowest BCUT2D eigenvalue weighted by Crippen LogP contribution is -2.45. The molecule has 3 aliphatic rings. The minimum atomic E-state index is -0.187. The predicted octanol–water partition coefficient (Wildman–Crippen LogP) is 4.66. The molecule has 0 saturated carbocycles. The Morgan fingerprint density at radius 1 is 1.16 bits per heavy atom. The number of nitrogens with one attached hydrogen (secondary N) is 2. The second kappa shape index (κ2) is 8.35. The highest BCUT2D eigenvalue weighted by Gasteiger charge is 2.46. The van der Waals surface area contributed by atoms with Gasteiger partial charge < -0.3 is 10.6 Å². The number of halogens is 1. The van der Waals surface area contributed by atoms with Gasteiger partial charge in [0.1, 0.15) is 11.1 Å². The third-order valence-corrected chi connectivity index (χ3v) is 9.14. The third kappa shape index (κ3) is 3.66. The summed E-state index contributed by atoms with van der Waals surface area (Å²) in [5, 5.41) is 8.12. The van der Waals surface area contributed by atoms with Gasteiger partial charge in [0.25, 0.3) is 5.56 Å². The molecule has 8 nitrogen and oxygen atoms in total. The van der Waals surface area contributed by atoms with E-state index in [1.54, 1.807) is 0 Å². The van der Waals surface area contributed by atoms with E-state index < -0.39 is 0 Å². The lowest BCUT2D eigenvalue weighted by Gasteiger charge is -2.42. The molecule has 9 heteroatoms. The molecular weight excluding hydrogens is 542 g/mol. The third-order valence-electron chi connectivity index (χ3n) is 8.71. The van der Waals surface area contributed by atoms with Gasteiger partial charge in [-0.05, 0) is 69.6 Å². The van der Waals surface area contributed by atoms with Crippen molar-refractivity contribution in [3.63, 3.8) is 0 Å². The summed E-state index contributed by atoms with van der Waals surface area (Å²) in [5.74, 6) is 0.583. The number of hydrogen-bond acceptors (Lipinski definition) is 6. The maximum absolute atomic E-state index is 13.5. The van der Waals surface area contributed by atoms with E-state index in [4.69, 9.17) is 10.7 Å². The highest BCUT2D eigenvalue weighted by molar-refractivity contribution is 9.10. The van der Waals surface area contributed by atoms with Crippen molar-refractivity contribution in [2.75, 3.05) is 18.0 Å². The molecular formula is C29H30BrN7O. The van der Waals surface area contributed by atoms with Gasteiger partial charge in [0.05, 0.1) is 0 Å². The molecule has 0 unspecified atom stereocenters. The molecule has 1 aromatic carbocycles. The van der Waals surface area contributed by atoms with Gasteiger partial charge in [-0.1, -0.05) is 44.2 Å². The van der Waals surface area contributed by atoms with E-state index >= 15 is 0 Å². The van der Waals surface area contributed by atoms with E-state index in [0.717, 1.165) is 60.1 Å². The molecule has 1 aliphatic heterocycles. The predicted molar refractivity (Wildman–Crippen MR) is 152 cm³/mol. The first-order chi connectivity index (χ1) is 18.2. The summed E-state index contributed by atoms with van der Waals surface area (Å²) < 4.78 is 0.893. The molecule has 38 heavy (non-hydrogen) atoms. The fraction of sp³-hybridized carbons (Fsp3) is 0.379. The smallest absolute Gasteiger partial charge is 0.264 e. The Morgan fingerprint density at radius 3 is 2.74 bits per heavy atom. The molecule has 0 bridgehead atoms. The van der Waals surface area contributed by atoms with Crippen LogP contribution in [0.2, 0.25) is 0 Å². The summed E-state index contributed by atoms with van der Waals surface area (Å²) >= 11 is 3.55. The highest BCUT2D eigenvalue weighted by atomic mass is 79.9. The molecule has 194 valence electrons. The van der Waals surface area contributed by atoms with Gasteiger partial charge in [0, 0.05) is 46.6 Å². The van der Waals surface area contributed by atoms with Gasteiger partial charge in [-0.3, -0.25) is 19.9 Å². The number of benzene rings is 1. The van der Waals surface area contributed by atoms with Crippen molar-refractivity contribution in [2.24, 2.45) is 16.6 Å². The number of allylic oxidation sites excluding steroid dienone is 1. The van der Waals surface area contributed by atoms with Gasteiger partial charge in [-0.2, -0.15) is 10.1 Å². The minimum Gasteiger partial charge on any atom is -0.342 e. The molecule has 7 rings (SSSR count). The molecule has 1 atom stereocenters. The second-order valence-electron chi connectivity index (χ2n) is 11.8. The minimum absolute atomic E-state index is 0.0518. The van der Waals surface area contributed by atoms with Gasteiger partial charge in [-0.15, -0.1) is 0 Å². The number of H-pyrrole nitrogens is 2. The summed E-state index contributed by atoms with van der Waals surface area (Å²) in [6.45, 7) is 5.94. The Kier molecular flexibility index (Phi) is 5.23. The van der Waals surface area contributed by atoms with Crippen molar-refractivity contribution >= 4 is 38.5 Å². The maximum Gasteiger partial charge on any atom is 0.264 e. The average molecular weight is 573 g/mol. The molecule has 1 fully saturated rings. The van der Waals surface area contributed by atoms with Crippen LogP contribution < -0.4 is 16.2 Å². The van der Waals surface area contributed by atoms with Crippen LogP contribution in [0.3, 0.4) is 0 Å². The number of anilines is 1. The zero-order chi connectivity index (χ0) is 26.2. The molecule has 4 aromatic rings. The van der Waals surface area contributed by atoms with Crippen molar-refractivity contribution in [2.45, 2.75) is 45.6 Å². The number of fused-ring (bicyclic) bond motifs is 3. The van der Waals surface area contributed by atoms with E-state index in [0.29, 0.717) is 22.7 Å². The first-order valence-electron chi connectivity index (χ1n) is 13.2. The first-order valence-corrected chi connectivity index (χ1v) is 14.0. The average Bonchev–Trinajstić information content (AvgIpc) is 3.44. The van der Waals surface area contributed by atoms with Crippen molar-refractivity contribution in [3.05, 3.63) is 85.5 Å². The second-order valence-corrected chi connectivity index (χ2v) is 12.7. The number of piperidine rings is 1. The van der Waals surface area contributed by atoms with Crippen LogP contribution in [0.25, 0.3) is 16.6 Å². The summed E-state index contributed by atoms with van der Waals surface area (Å²) in [4.78, 5) is 28.2. The fourth-order valence-electron chi connectivity index (χ4n) is 6.73. The molecule has 3 aromatic heterocycles. The van der Waals surface area contributed by atoms with E-state index in [1.165, 1.54) is 11.1 Å². The Bertz CT molecular complexity index is 1680. The standard InChI is InChI=1S/C29H30BrN7O/c1-28(2)13-20(19-11-17(30)15-32-21(19)14-28)23-22-25(36-35-23)33-27(34-26(22)38)37-9-7-29(8-10-37)12-16-5-3-4-6-18(16)24(29)31/h3-6,11,13,15,24H,7-10,12,14,31H2,1-2H3,(H2,33,34,35,36,38)/t24-/m1/s1. The fourth-order valence-corrected chi connectivity index (χ4v) is 7.06. The molecule has 1 saturated heterocycles. The number of aromatic nitrogens is 5. The van der Waals surface area contributed by atoms with Crippen molar-refractivity contribution in [1.29, 1.82) is 0 Å². The molecule has 1 spiro atoms. The number of nitrogens with two attached hydrogens (primary N) is 1. The van der Waals surface area contributed by atoms with Crippen LogP contribution in [0.4, 0.5) is 5.95 Å². The molecule has 0 amide bonds. The maximum atomic E-state index is 13.5. The number of hydrogen-bond donors (Lipinski definition) is 3. The van der Waals surface area contributed by atoms with Crippen LogP contribution >= 0.6 is 15.9 Å². The van der Waals surface area contributed by atoms with Crippen LogP contribution in [0.1, 0.15) is 60.8 Å². The quantitative estimate of drug-likeness (QED) is 0.322. The monoisotopic (exact) mass is 571 g/mol. The highest BCUT2D eigenvalue weighted by Crippen LogP contribution is 2.51. The van der Waals surface area contributed by atoms with Crippen LogP contribution in [0.15, 0.2) is 51.9 Å². The SMILES string of the molecule is CC1(C)C=C(c2n[nH]c3nc(N4CCC5(CC4)Cc4ccccc4[C@H]5N)[nH]c(=O)c23)c2cc(Br)cnc2C1. The van der Waals surface area contributed by atoms with Gasteiger partial charge >= 0.3 is 0 Å². The lowest BCUT2D eigenvalue weighted by atomic mass is 9.73. The molecule has 4 heterocycles. The van der Waals surface area contributed by atoms with E-state index in [-0.39, 0.29) is 22.4 Å². The van der Waals surface area contributed by atoms with Crippen LogP contribution in [-0.2, 0) is 12.8 Å². The van der Waals surface area contributed by atoms with E-state index in [2.05, 4.69) is 91.3 Å². The van der Waals surface area contributed by atoms with Gasteiger partial charge in [0.2, 0.25) is 5.95 Å². The van der Waals surface area contributed by atoms with Crippen molar-refractivity contribution in [1.82, 2.24) is 25.1 Å².